The Morgan fingerprint density at radius 1 is 1.25 bits per heavy atom. The highest BCUT2D eigenvalue weighted by Gasteiger charge is 2.22. The van der Waals surface area contributed by atoms with Gasteiger partial charge in [0.15, 0.2) is 0 Å². The van der Waals surface area contributed by atoms with Crippen LogP contribution in [-0.4, -0.2) is 27.9 Å². The molecule has 0 saturated carbocycles. The third-order valence-electron chi connectivity index (χ3n) is 3.33. The van der Waals surface area contributed by atoms with Crippen LogP contribution in [0.1, 0.15) is 10.4 Å². The maximum absolute atomic E-state index is 12.8. The number of carbonyl (C=O) groups is 1. The SMILES string of the molecule is C=CCNC(=O)c1cccc(S(=O)(=O)N(C)c2cccc(Cl)c2)c1. The predicted molar refractivity (Wildman–Crippen MR) is 96.0 cm³/mol. The molecule has 0 aromatic heterocycles. The van der Waals surface area contributed by atoms with E-state index in [9.17, 15) is 13.2 Å². The second-order valence-corrected chi connectivity index (χ2v) is 7.38. The molecule has 24 heavy (non-hydrogen) atoms. The maximum atomic E-state index is 12.8. The summed E-state index contributed by atoms with van der Waals surface area (Å²) < 4.78 is 26.7. The van der Waals surface area contributed by atoms with Crippen molar-refractivity contribution < 1.29 is 13.2 Å². The Morgan fingerprint density at radius 2 is 1.96 bits per heavy atom. The van der Waals surface area contributed by atoms with Gasteiger partial charge in [-0.05, 0) is 36.4 Å². The van der Waals surface area contributed by atoms with Gasteiger partial charge in [0.1, 0.15) is 0 Å². The molecule has 2 rings (SSSR count). The Hall–Kier alpha value is -2.31. The van der Waals surface area contributed by atoms with Gasteiger partial charge in [0.25, 0.3) is 15.9 Å². The van der Waals surface area contributed by atoms with E-state index in [1.165, 1.54) is 25.2 Å². The number of halogens is 1. The van der Waals surface area contributed by atoms with E-state index in [1.54, 1.807) is 36.4 Å². The quantitative estimate of drug-likeness (QED) is 0.801. The van der Waals surface area contributed by atoms with Crippen LogP contribution >= 0.6 is 11.6 Å². The Balaban J connectivity index is 2.35. The lowest BCUT2D eigenvalue weighted by Crippen LogP contribution is -2.27. The lowest BCUT2D eigenvalue weighted by molar-refractivity contribution is 0.0958. The minimum Gasteiger partial charge on any atom is -0.349 e. The zero-order valence-electron chi connectivity index (χ0n) is 13.1. The van der Waals surface area contributed by atoms with Crippen molar-refractivity contribution >= 4 is 33.2 Å². The lowest BCUT2D eigenvalue weighted by Gasteiger charge is -2.20. The van der Waals surface area contributed by atoms with Crippen molar-refractivity contribution in [1.82, 2.24) is 5.32 Å². The van der Waals surface area contributed by atoms with Gasteiger partial charge in [-0.3, -0.25) is 9.10 Å². The average molecular weight is 365 g/mol. The molecule has 0 spiro atoms. The molecule has 0 unspecified atom stereocenters. The molecule has 0 atom stereocenters. The highest BCUT2D eigenvalue weighted by molar-refractivity contribution is 7.92. The Labute approximate surface area is 146 Å². The largest absolute Gasteiger partial charge is 0.349 e. The Kier molecular flexibility index (Phi) is 5.64. The van der Waals surface area contributed by atoms with Gasteiger partial charge >= 0.3 is 0 Å². The first kappa shape index (κ1) is 18.0. The number of amides is 1. The third kappa shape index (κ3) is 3.96. The number of sulfonamides is 1. The van der Waals surface area contributed by atoms with Crippen molar-refractivity contribution in [3.63, 3.8) is 0 Å². The van der Waals surface area contributed by atoms with Gasteiger partial charge in [0.2, 0.25) is 0 Å². The molecule has 0 aliphatic heterocycles. The average Bonchev–Trinajstić information content (AvgIpc) is 2.59. The summed E-state index contributed by atoms with van der Waals surface area (Å²) in [6.45, 7) is 3.82. The smallest absolute Gasteiger partial charge is 0.264 e. The highest BCUT2D eigenvalue weighted by atomic mass is 35.5. The third-order valence-corrected chi connectivity index (χ3v) is 5.35. The summed E-state index contributed by atoms with van der Waals surface area (Å²) >= 11 is 5.92. The van der Waals surface area contributed by atoms with Gasteiger partial charge in [-0.2, -0.15) is 0 Å². The summed E-state index contributed by atoms with van der Waals surface area (Å²) in [6.07, 6.45) is 1.55. The molecule has 0 heterocycles. The molecule has 0 radical (unpaired) electrons. The van der Waals surface area contributed by atoms with Gasteiger partial charge in [0.05, 0.1) is 10.6 Å². The van der Waals surface area contributed by atoms with Crippen molar-refractivity contribution in [3.8, 4) is 0 Å². The number of nitrogens with zero attached hydrogens (tertiary/aromatic N) is 1. The fourth-order valence-electron chi connectivity index (χ4n) is 2.03. The number of hydrogen-bond donors (Lipinski definition) is 1. The number of hydrogen-bond acceptors (Lipinski definition) is 3. The summed E-state index contributed by atoms with van der Waals surface area (Å²) in [5, 5.41) is 3.05. The Bertz CT molecular complexity index is 866. The second kappa shape index (κ2) is 7.51. The lowest BCUT2D eigenvalue weighted by atomic mass is 10.2. The molecule has 2 aromatic carbocycles. The molecular weight excluding hydrogens is 348 g/mol. The van der Waals surface area contributed by atoms with Crippen LogP contribution in [-0.2, 0) is 10.0 Å². The zero-order chi connectivity index (χ0) is 17.7. The zero-order valence-corrected chi connectivity index (χ0v) is 14.6. The molecule has 2 aromatic rings. The molecule has 0 bridgehead atoms. The van der Waals surface area contributed by atoms with E-state index in [2.05, 4.69) is 11.9 Å². The number of rotatable bonds is 6. The van der Waals surface area contributed by atoms with Gasteiger partial charge in [0, 0.05) is 24.2 Å². The van der Waals surface area contributed by atoms with E-state index < -0.39 is 10.0 Å². The molecule has 0 aliphatic rings. The van der Waals surface area contributed by atoms with Crippen molar-refractivity contribution in [2.75, 3.05) is 17.9 Å². The van der Waals surface area contributed by atoms with E-state index in [0.717, 1.165) is 4.31 Å². The van der Waals surface area contributed by atoms with Crippen LogP contribution in [0.15, 0.2) is 66.1 Å². The summed E-state index contributed by atoms with van der Waals surface area (Å²) in [5.74, 6) is -0.364. The molecule has 5 nitrogen and oxygen atoms in total. The van der Waals surface area contributed by atoms with E-state index in [0.29, 0.717) is 17.3 Å². The normalized spacial score (nSPS) is 10.9. The van der Waals surface area contributed by atoms with Crippen LogP contribution < -0.4 is 9.62 Å². The van der Waals surface area contributed by atoms with Crippen molar-refractivity contribution in [3.05, 3.63) is 71.8 Å². The van der Waals surface area contributed by atoms with Crippen LogP contribution in [0.5, 0.6) is 0 Å². The topological polar surface area (TPSA) is 66.5 Å². The van der Waals surface area contributed by atoms with E-state index in [1.807, 2.05) is 0 Å². The number of nitrogens with one attached hydrogen (secondary N) is 1. The number of anilines is 1. The number of benzene rings is 2. The fourth-order valence-corrected chi connectivity index (χ4v) is 3.45. The summed E-state index contributed by atoms with van der Waals surface area (Å²) in [6, 6.07) is 12.4. The van der Waals surface area contributed by atoms with Crippen molar-refractivity contribution in [2.45, 2.75) is 4.90 Å². The summed E-state index contributed by atoms with van der Waals surface area (Å²) in [4.78, 5) is 12.0. The molecule has 1 amide bonds. The first-order valence-electron chi connectivity index (χ1n) is 7.10. The predicted octanol–water partition coefficient (Wildman–Crippen LogP) is 3.08. The highest BCUT2D eigenvalue weighted by Crippen LogP contribution is 2.25. The van der Waals surface area contributed by atoms with Gasteiger partial charge in [-0.1, -0.05) is 29.8 Å². The fraction of sp³-hybridized carbons (Fsp3) is 0.118. The van der Waals surface area contributed by atoms with Crippen LogP contribution in [0.4, 0.5) is 5.69 Å². The molecule has 1 N–H and O–H groups in total. The summed E-state index contributed by atoms with van der Waals surface area (Å²) in [5.41, 5.74) is 0.696. The van der Waals surface area contributed by atoms with Crippen molar-refractivity contribution in [2.24, 2.45) is 0 Å². The molecular formula is C17H17ClN2O3S. The van der Waals surface area contributed by atoms with Gasteiger partial charge < -0.3 is 5.32 Å². The molecule has 7 heteroatoms. The minimum atomic E-state index is -3.81. The standard InChI is InChI=1S/C17H17ClN2O3S/c1-3-10-19-17(21)13-6-4-9-16(11-13)24(22,23)20(2)15-8-5-7-14(18)12-15/h3-9,11-12H,1,10H2,2H3,(H,19,21). The summed E-state index contributed by atoms with van der Waals surface area (Å²) in [7, 11) is -2.37. The number of carbonyl (C=O) groups excluding carboxylic acids is 1. The van der Waals surface area contributed by atoms with E-state index >= 15 is 0 Å². The van der Waals surface area contributed by atoms with E-state index in [4.69, 9.17) is 11.6 Å². The van der Waals surface area contributed by atoms with Crippen LogP contribution in [0.3, 0.4) is 0 Å². The van der Waals surface area contributed by atoms with Crippen molar-refractivity contribution in [1.29, 1.82) is 0 Å². The molecule has 126 valence electrons. The van der Waals surface area contributed by atoms with Crippen LogP contribution in [0.25, 0.3) is 0 Å². The maximum Gasteiger partial charge on any atom is 0.264 e. The van der Waals surface area contributed by atoms with Crippen LogP contribution in [0, 0.1) is 0 Å². The van der Waals surface area contributed by atoms with Gasteiger partial charge in [-0.25, -0.2) is 8.42 Å². The van der Waals surface area contributed by atoms with E-state index in [-0.39, 0.29) is 16.4 Å². The second-order valence-electron chi connectivity index (χ2n) is 4.98. The van der Waals surface area contributed by atoms with Gasteiger partial charge in [-0.15, -0.1) is 6.58 Å². The first-order chi connectivity index (χ1) is 11.4. The minimum absolute atomic E-state index is 0.0243. The molecule has 0 aliphatic carbocycles. The molecule has 0 fully saturated rings. The molecule has 0 saturated heterocycles. The first-order valence-corrected chi connectivity index (χ1v) is 8.91. The van der Waals surface area contributed by atoms with Crippen LogP contribution in [0.2, 0.25) is 5.02 Å². The monoisotopic (exact) mass is 364 g/mol. The Morgan fingerprint density at radius 3 is 2.62 bits per heavy atom.